The van der Waals surface area contributed by atoms with Crippen LogP contribution in [0, 0.1) is 6.92 Å². The highest BCUT2D eigenvalue weighted by molar-refractivity contribution is 6.43. The summed E-state index contributed by atoms with van der Waals surface area (Å²) in [6.07, 6.45) is 1.74. The van der Waals surface area contributed by atoms with Crippen molar-refractivity contribution in [1.82, 2.24) is 24.6 Å². The number of carbonyl (C=O) groups is 1. The van der Waals surface area contributed by atoms with Gasteiger partial charge in [0, 0.05) is 19.3 Å². The van der Waals surface area contributed by atoms with Gasteiger partial charge < -0.3 is 9.47 Å². The molecule has 2 aromatic heterocycles. The Balaban J connectivity index is 1.63. The molecule has 0 saturated heterocycles. The van der Waals surface area contributed by atoms with Gasteiger partial charge in [0.2, 0.25) is 0 Å². The lowest BCUT2D eigenvalue weighted by molar-refractivity contribution is 0.0708. The fourth-order valence-corrected chi connectivity index (χ4v) is 3.45. The van der Waals surface area contributed by atoms with E-state index in [0.717, 1.165) is 22.9 Å². The molecule has 0 unspecified atom stereocenters. The normalized spacial score (nSPS) is 13.6. The Labute approximate surface area is 160 Å². The first kappa shape index (κ1) is 17.0. The second-order valence-corrected chi connectivity index (χ2v) is 6.87. The highest BCUT2D eigenvalue weighted by atomic mass is 35.5. The fourth-order valence-electron chi connectivity index (χ4n) is 3.07. The number of benzene rings is 1. The van der Waals surface area contributed by atoms with Crippen molar-refractivity contribution in [1.29, 1.82) is 0 Å². The Hall–Kier alpha value is -2.44. The molecular weight excluding hydrogens is 373 g/mol. The predicted molar refractivity (Wildman–Crippen MR) is 99.2 cm³/mol. The summed E-state index contributed by atoms with van der Waals surface area (Å²) in [5.41, 5.74) is 2.24. The number of rotatable bonds is 2. The zero-order chi connectivity index (χ0) is 18.3. The molecule has 6 nitrogen and oxygen atoms in total. The number of pyridine rings is 1. The van der Waals surface area contributed by atoms with Gasteiger partial charge in [0.1, 0.15) is 5.69 Å². The van der Waals surface area contributed by atoms with E-state index in [-0.39, 0.29) is 10.9 Å². The van der Waals surface area contributed by atoms with Crippen LogP contribution in [-0.2, 0) is 13.1 Å². The summed E-state index contributed by atoms with van der Waals surface area (Å²) in [4.78, 5) is 18.9. The van der Waals surface area contributed by atoms with Crippen LogP contribution in [0.15, 0.2) is 36.5 Å². The summed E-state index contributed by atoms with van der Waals surface area (Å²) < 4.78 is 2.01. The van der Waals surface area contributed by atoms with Crippen LogP contribution in [0.25, 0.3) is 11.5 Å². The molecule has 0 radical (unpaired) electrons. The molecule has 3 aromatic rings. The smallest absolute Gasteiger partial charge is 0.255 e. The Morgan fingerprint density at radius 1 is 1.12 bits per heavy atom. The minimum Gasteiger partial charge on any atom is -0.329 e. The Bertz CT molecular complexity index is 1000. The zero-order valence-electron chi connectivity index (χ0n) is 14.0. The van der Waals surface area contributed by atoms with Crippen LogP contribution in [0.1, 0.15) is 21.7 Å². The van der Waals surface area contributed by atoms with Gasteiger partial charge in [-0.15, -0.1) is 10.2 Å². The number of fused-ring (bicyclic) bond motifs is 1. The van der Waals surface area contributed by atoms with Gasteiger partial charge in [-0.25, -0.2) is 0 Å². The van der Waals surface area contributed by atoms with Crippen LogP contribution in [0.4, 0.5) is 0 Å². The number of aromatic nitrogens is 4. The zero-order valence-corrected chi connectivity index (χ0v) is 15.5. The third-order valence-electron chi connectivity index (χ3n) is 4.44. The summed E-state index contributed by atoms with van der Waals surface area (Å²) >= 11 is 12.2. The van der Waals surface area contributed by atoms with E-state index in [9.17, 15) is 4.79 Å². The molecule has 0 atom stereocenters. The maximum absolute atomic E-state index is 12.8. The van der Waals surface area contributed by atoms with E-state index in [1.54, 1.807) is 29.3 Å². The molecular formula is C18H15Cl2N5O. The van der Waals surface area contributed by atoms with E-state index in [1.165, 1.54) is 0 Å². The Morgan fingerprint density at radius 3 is 2.77 bits per heavy atom. The third-order valence-corrected chi connectivity index (χ3v) is 5.26. The van der Waals surface area contributed by atoms with Crippen molar-refractivity contribution < 1.29 is 4.79 Å². The molecule has 4 rings (SSSR count). The van der Waals surface area contributed by atoms with Gasteiger partial charge in [0.15, 0.2) is 11.6 Å². The average molecular weight is 388 g/mol. The Morgan fingerprint density at radius 2 is 1.96 bits per heavy atom. The molecule has 8 heteroatoms. The van der Waals surface area contributed by atoms with Crippen LogP contribution >= 0.6 is 23.2 Å². The average Bonchev–Trinajstić information content (AvgIpc) is 3.07. The maximum atomic E-state index is 12.8. The molecule has 1 aliphatic rings. The number of hydrogen-bond donors (Lipinski definition) is 0. The molecule has 1 aliphatic heterocycles. The van der Waals surface area contributed by atoms with E-state index in [4.69, 9.17) is 23.2 Å². The molecule has 3 heterocycles. The molecule has 0 bridgehead atoms. The van der Waals surface area contributed by atoms with Gasteiger partial charge in [-0.2, -0.15) is 0 Å². The monoisotopic (exact) mass is 387 g/mol. The van der Waals surface area contributed by atoms with Gasteiger partial charge in [0.25, 0.3) is 5.91 Å². The van der Waals surface area contributed by atoms with Crippen LogP contribution < -0.4 is 0 Å². The number of amides is 1. The lowest BCUT2D eigenvalue weighted by Crippen LogP contribution is -2.38. The second kappa shape index (κ2) is 6.70. The molecule has 0 aliphatic carbocycles. The van der Waals surface area contributed by atoms with Crippen LogP contribution in [0.5, 0.6) is 0 Å². The van der Waals surface area contributed by atoms with E-state index >= 15 is 0 Å². The molecule has 26 heavy (non-hydrogen) atoms. The molecule has 0 saturated carbocycles. The molecule has 0 spiro atoms. The third kappa shape index (κ3) is 2.85. The quantitative estimate of drug-likeness (QED) is 0.673. The largest absolute Gasteiger partial charge is 0.329 e. The van der Waals surface area contributed by atoms with Crippen molar-refractivity contribution in [3.8, 4) is 11.5 Å². The van der Waals surface area contributed by atoms with E-state index in [1.807, 2.05) is 23.6 Å². The summed E-state index contributed by atoms with van der Waals surface area (Å²) in [6, 6.07) is 8.94. The van der Waals surface area contributed by atoms with Crippen molar-refractivity contribution in [2.45, 2.75) is 20.0 Å². The van der Waals surface area contributed by atoms with Gasteiger partial charge in [-0.05, 0) is 30.7 Å². The lowest BCUT2D eigenvalue weighted by atomic mass is 10.1. The first-order chi connectivity index (χ1) is 12.6. The molecule has 132 valence electrons. The number of hydrogen-bond acceptors (Lipinski definition) is 4. The van der Waals surface area contributed by atoms with Crippen LogP contribution in [0.2, 0.25) is 10.0 Å². The van der Waals surface area contributed by atoms with E-state index in [0.29, 0.717) is 30.2 Å². The topological polar surface area (TPSA) is 63.9 Å². The molecule has 0 N–H and O–H groups in total. The van der Waals surface area contributed by atoms with Gasteiger partial charge >= 0.3 is 0 Å². The van der Waals surface area contributed by atoms with Crippen molar-refractivity contribution in [3.63, 3.8) is 0 Å². The van der Waals surface area contributed by atoms with Gasteiger partial charge in [0.05, 0.1) is 22.2 Å². The molecule has 1 aromatic carbocycles. The number of halogens is 2. The predicted octanol–water partition coefficient (Wildman–Crippen LogP) is 3.61. The van der Waals surface area contributed by atoms with Crippen molar-refractivity contribution in [2.24, 2.45) is 0 Å². The minimum atomic E-state index is -0.165. The van der Waals surface area contributed by atoms with E-state index < -0.39 is 0 Å². The standard InChI is InChI=1S/C18H15Cl2N5O/c1-11-4-3-7-21-16(11)17-23-22-14-10-24(8-9-25(14)17)18(26)12-5-2-6-13(19)15(12)20/h2-7H,8-10H2,1H3. The first-order valence-corrected chi connectivity index (χ1v) is 8.89. The summed E-state index contributed by atoms with van der Waals surface area (Å²) in [6.45, 7) is 3.48. The van der Waals surface area contributed by atoms with Crippen molar-refractivity contribution in [2.75, 3.05) is 6.54 Å². The highest BCUT2D eigenvalue weighted by Gasteiger charge is 2.27. The highest BCUT2D eigenvalue weighted by Crippen LogP contribution is 2.28. The Kier molecular flexibility index (Phi) is 4.38. The number of nitrogens with zero attached hydrogens (tertiary/aromatic N) is 5. The minimum absolute atomic E-state index is 0.165. The fraction of sp³-hybridized carbons (Fsp3) is 0.222. The van der Waals surface area contributed by atoms with Gasteiger partial charge in [-0.3, -0.25) is 9.78 Å². The molecule has 0 fully saturated rings. The first-order valence-electron chi connectivity index (χ1n) is 8.13. The summed E-state index contributed by atoms with van der Waals surface area (Å²) in [5.74, 6) is 1.29. The van der Waals surface area contributed by atoms with Crippen LogP contribution in [0.3, 0.4) is 0 Å². The SMILES string of the molecule is Cc1cccnc1-c1nnc2n1CCN(C(=O)c1cccc(Cl)c1Cl)C2. The molecule has 1 amide bonds. The van der Waals surface area contributed by atoms with E-state index in [2.05, 4.69) is 15.2 Å². The second-order valence-electron chi connectivity index (χ2n) is 6.09. The lowest BCUT2D eigenvalue weighted by Gasteiger charge is -2.28. The van der Waals surface area contributed by atoms with Gasteiger partial charge in [-0.1, -0.05) is 35.3 Å². The maximum Gasteiger partial charge on any atom is 0.255 e. The van der Waals surface area contributed by atoms with Crippen LogP contribution in [-0.4, -0.2) is 37.1 Å². The van der Waals surface area contributed by atoms with Crippen molar-refractivity contribution in [3.05, 3.63) is 63.5 Å². The summed E-state index contributed by atoms with van der Waals surface area (Å²) in [5, 5.41) is 9.19. The summed E-state index contributed by atoms with van der Waals surface area (Å²) in [7, 11) is 0. The number of carbonyl (C=O) groups excluding carboxylic acids is 1. The number of aryl methyl sites for hydroxylation is 1. The van der Waals surface area contributed by atoms with Crippen molar-refractivity contribution >= 4 is 29.1 Å².